The third kappa shape index (κ3) is 9.36. The molecule has 6 heteroatoms. The van der Waals surface area contributed by atoms with Crippen LogP contribution < -0.4 is 0 Å². The largest absolute Gasteiger partial charge is 0.480 e. The van der Waals surface area contributed by atoms with Gasteiger partial charge in [-0.3, -0.25) is 9.59 Å². The number of rotatable bonds is 20. The first kappa shape index (κ1) is 33.8. The quantitative estimate of drug-likeness (QED) is 0.103. The van der Waals surface area contributed by atoms with E-state index in [2.05, 4.69) is 6.92 Å². The van der Waals surface area contributed by atoms with Crippen molar-refractivity contribution >= 4 is 11.9 Å². The van der Waals surface area contributed by atoms with Gasteiger partial charge in [0.1, 0.15) is 10.8 Å². The molecule has 0 rings (SSSR count). The summed E-state index contributed by atoms with van der Waals surface area (Å²) >= 11 is 0. The van der Waals surface area contributed by atoms with E-state index < -0.39 is 22.7 Å². The number of allylic oxidation sites excluding steroid dienone is 4. The van der Waals surface area contributed by atoms with Crippen molar-refractivity contribution in [2.24, 2.45) is 10.8 Å². The Hall–Kier alpha value is -2.18. The number of unbranched alkanes of at least 4 members (excludes halogenated alkanes) is 5. The molecule has 0 heterocycles. The minimum atomic E-state index is -1.68. The van der Waals surface area contributed by atoms with Gasteiger partial charge in [-0.25, -0.2) is 9.68 Å². The van der Waals surface area contributed by atoms with E-state index in [0.717, 1.165) is 24.5 Å². The second-order valence-corrected chi connectivity index (χ2v) is 9.13. The monoisotopic (exact) mass is 505 g/mol. The van der Waals surface area contributed by atoms with Crippen LogP contribution in [-0.4, -0.2) is 34.9 Å². The van der Waals surface area contributed by atoms with Crippen LogP contribution in [0.1, 0.15) is 106 Å². The van der Waals surface area contributed by atoms with Gasteiger partial charge in [0, 0.05) is 0 Å². The molecule has 1 amide bonds. The summed E-state index contributed by atoms with van der Waals surface area (Å²) in [5.74, 6) is -1.72. The number of carbonyl (C=O) groups is 2. The molecule has 0 fully saturated rings. The predicted octanol–water partition coefficient (Wildman–Crippen LogP) is 7.98. The van der Waals surface area contributed by atoms with Crippen molar-refractivity contribution in [1.82, 2.24) is 5.23 Å². The standard InChI is InChI=1S/C30H51NO5/c1-8-15-16-17-18-19-20-26(14-7)36-31(35-25-13-6)27(32)29(21-9-2,22-10-3)30(23-11-4,24-12-5)28(33)34/h9-12,21-24,26H,8,13-20,25H2,1-7H3,(H,33,34)/b21-9+,22-10+,23-11+,24-12+. The number of hydrogen-bond acceptors (Lipinski definition) is 4. The first-order valence-electron chi connectivity index (χ1n) is 13.7. The number of carboxylic acid groups (broad SMARTS) is 1. The van der Waals surface area contributed by atoms with Crippen LogP contribution in [-0.2, 0) is 19.3 Å². The first-order chi connectivity index (χ1) is 17.3. The molecular formula is C30H51NO5. The molecule has 0 aliphatic heterocycles. The lowest BCUT2D eigenvalue weighted by molar-refractivity contribution is -0.363. The van der Waals surface area contributed by atoms with E-state index in [1.807, 2.05) is 13.8 Å². The third-order valence-electron chi connectivity index (χ3n) is 6.27. The normalized spacial score (nSPS) is 14.0. The Balaban J connectivity index is 6.39. The molecule has 0 saturated carbocycles. The lowest BCUT2D eigenvalue weighted by Gasteiger charge is -2.42. The van der Waals surface area contributed by atoms with Crippen LogP contribution in [0, 0.1) is 10.8 Å². The second-order valence-electron chi connectivity index (χ2n) is 9.13. The first-order valence-corrected chi connectivity index (χ1v) is 13.7. The van der Waals surface area contributed by atoms with Crippen LogP contribution in [0.3, 0.4) is 0 Å². The van der Waals surface area contributed by atoms with Crippen molar-refractivity contribution in [2.75, 3.05) is 6.61 Å². The number of hydrogen-bond donors (Lipinski definition) is 1. The molecular weight excluding hydrogens is 454 g/mol. The summed E-state index contributed by atoms with van der Waals surface area (Å²) in [5.41, 5.74) is -3.28. The lowest BCUT2D eigenvalue weighted by atomic mass is 9.61. The van der Waals surface area contributed by atoms with Gasteiger partial charge in [0.2, 0.25) is 0 Å². The van der Waals surface area contributed by atoms with E-state index in [9.17, 15) is 14.7 Å². The maximum Gasteiger partial charge on any atom is 0.319 e. The number of amides is 1. The van der Waals surface area contributed by atoms with E-state index >= 15 is 0 Å². The molecule has 0 aliphatic rings. The Morgan fingerprint density at radius 1 is 0.778 bits per heavy atom. The van der Waals surface area contributed by atoms with Crippen LogP contribution in [0.4, 0.5) is 0 Å². The zero-order chi connectivity index (χ0) is 27.5. The van der Waals surface area contributed by atoms with Gasteiger partial charge in [-0.2, -0.15) is 0 Å². The van der Waals surface area contributed by atoms with E-state index in [1.54, 1.807) is 76.3 Å². The highest BCUT2D eigenvalue weighted by atomic mass is 17.0. The molecule has 206 valence electrons. The molecule has 1 atom stereocenters. The fourth-order valence-corrected chi connectivity index (χ4v) is 4.43. The molecule has 0 aromatic carbocycles. The van der Waals surface area contributed by atoms with E-state index in [4.69, 9.17) is 9.68 Å². The molecule has 0 bridgehead atoms. The van der Waals surface area contributed by atoms with Gasteiger partial charge in [-0.1, -0.05) is 113 Å². The number of nitrogens with zero attached hydrogens (tertiary/aromatic N) is 1. The molecule has 0 radical (unpaired) electrons. The SMILES string of the molecule is C/C=C/C(/C=C/C)(C(=O)O)C(/C=C/C)(/C=C/C)C(=O)N(OCCC)OC(CC)CCCCCCCC. The molecule has 0 saturated heterocycles. The van der Waals surface area contributed by atoms with E-state index in [0.29, 0.717) is 12.8 Å². The predicted molar refractivity (Wildman–Crippen MR) is 148 cm³/mol. The number of carboxylic acids is 1. The van der Waals surface area contributed by atoms with E-state index in [-0.39, 0.29) is 12.7 Å². The highest BCUT2D eigenvalue weighted by Gasteiger charge is 2.57. The zero-order valence-electron chi connectivity index (χ0n) is 23.8. The highest BCUT2D eigenvalue weighted by molar-refractivity contribution is 5.96. The van der Waals surface area contributed by atoms with Crippen LogP contribution in [0.5, 0.6) is 0 Å². The van der Waals surface area contributed by atoms with Crippen LogP contribution in [0.15, 0.2) is 48.6 Å². The average Bonchev–Trinajstić information content (AvgIpc) is 2.86. The van der Waals surface area contributed by atoms with Gasteiger partial charge < -0.3 is 5.11 Å². The maximum absolute atomic E-state index is 14.3. The number of aliphatic carboxylic acids is 1. The van der Waals surface area contributed by atoms with Gasteiger partial charge in [0.05, 0.1) is 12.7 Å². The lowest BCUT2D eigenvalue weighted by Crippen LogP contribution is -2.54. The Morgan fingerprint density at radius 2 is 1.28 bits per heavy atom. The number of hydroxylamine groups is 2. The van der Waals surface area contributed by atoms with Gasteiger partial charge >= 0.3 is 5.97 Å². The Bertz CT molecular complexity index is 714. The van der Waals surface area contributed by atoms with Gasteiger partial charge in [0.25, 0.3) is 5.91 Å². The van der Waals surface area contributed by atoms with Gasteiger partial charge in [-0.05, 0) is 47.0 Å². The summed E-state index contributed by atoms with van der Waals surface area (Å²) < 4.78 is 0. The summed E-state index contributed by atoms with van der Waals surface area (Å²) in [4.78, 5) is 39.1. The van der Waals surface area contributed by atoms with Crippen LogP contribution in [0.2, 0.25) is 0 Å². The van der Waals surface area contributed by atoms with Crippen molar-refractivity contribution in [3.05, 3.63) is 48.6 Å². The fourth-order valence-electron chi connectivity index (χ4n) is 4.43. The highest BCUT2D eigenvalue weighted by Crippen LogP contribution is 2.47. The minimum Gasteiger partial charge on any atom is -0.480 e. The number of carbonyl (C=O) groups excluding carboxylic acids is 1. The molecule has 0 aromatic heterocycles. The van der Waals surface area contributed by atoms with Crippen molar-refractivity contribution in [3.8, 4) is 0 Å². The van der Waals surface area contributed by atoms with Crippen molar-refractivity contribution in [2.45, 2.75) is 112 Å². The molecule has 36 heavy (non-hydrogen) atoms. The minimum absolute atomic E-state index is 0.214. The summed E-state index contributed by atoms with van der Waals surface area (Å²) in [7, 11) is 0. The summed E-state index contributed by atoms with van der Waals surface area (Å²) in [6, 6.07) is 0. The van der Waals surface area contributed by atoms with Crippen molar-refractivity contribution < 1.29 is 24.4 Å². The Kier molecular flexibility index (Phi) is 17.9. The topological polar surface area (TPSA) is 76.1 Å². The Labute approximate surface area is 220 Å². The Morgan fingerprint density at radius 3 is 1.72 bits per heavy atom. The molecule has 0 aromatic rings. The fraction of sp³-hybridized carbons (Fsp3) is 0.667. The summed E-state index contributed by atoms with van der Waals surface area (Å²) in [5, 5.41) is 11.4. The smallest absolute Gasteiger partial charge is 0.319 e. The molecule has 6 nitrogen and oxygen atoms in total. The van der Waals surface area contributed by atoms with Gasteiger partial charge in [0.15, 0.2) is 0 Å². The zero-order valence-corrected chi connectivity index (χ0v) is 23.8. The average molecular weight is 506 g/mol. The summed E-state index contributed by atoms with van der Waals surface area (Å²) in [6.45, 7) is 13.5. The molecule has 1 N–H and O–H groups in total. The maximum atomic E-state index is 14.3. The molecule has 0 spiro atoms. The second kappa shape index (κ2) is 19.0. The van der Waals surface area contributed by atoms with Crippen molar-refractivity contribution in [1.29, 1.82) is 0 Å². The van der Waals surface area contributed by atoms with Crippen LogP contribution >= 0.6 is 0 Å². The van der Waals surface area contributed by atoms with Crippen molar-refractivity contribution in [3.63, 3.8) is 0 Å². The molecule has 1 unspecified atom stereocenters. The molecule has 0 aliphatic carbocycles. The van der Waals surface area contributed by atoms with Gasteiger partial charge in [-0.15, -0.1) is 0 Å². The van der Waals surface area contributed by atoms with Crippen LogP contribution in [0.25, 0.3) is 0 Å². The third-order valence-corrected chi connectivity index (χ3v) is 6.27. The van der Waals surface area contributed by atoms with E-state index in [1.165, 1.54) is 25.7 Å². The summed E-state index contributed by atoms with van der Waals surface area (Å²) in [6.07, 6.45) is 22.1.